The predicted molar refractivity (Wildman–Crippen MR) is 110 cm³/mol. The van der Waals surface area contributed by atoms with Crippen molar-refractivity contribution in [1.82, 2.24) is 4.31 Å². The number of rotatable bonds is 8. The lowest BCUT2D eigenvalue weighted by Crippen LogP contribution is -2.48. The third-order valence-corrected chi connectivity index (χ3v) is 8.13. The van der Waals surface area contributed by atoms with Crippen LogP contribution in [0.15, 0.2) is 29.2 Å². The summed E-state index contributed by atoms with van der Waals surface area (Å²) in [5.74, 6) is -1.35. The van der Waals surface area contributed by atoms with E-state index in [2.05, 4.69) is 0 Å². The number of sulfonamides is 1. The topological polar surface area (TPSA) is 80.8 Å². The summed E-state index contributed by atoms with van der Waals surface area (Å²) in [6.07, 6.45) is 4.29. The Morgan fingerprint density at radius 2 is 1.83 bits per heavy atom. The molecule has 160 valence electrons. The molecule has 4 atom stereocenters. The lowest BCUT2D eigenvalue weighted by molar-refractivity contribution is -0.150. The third-order valence-electron chi connectivity index (χ3n) is 6.21. The van der Waals surface area contributed by atoms with Crippen molar-refractivity contribution in [1.29, 1.82) is 0 Å². The standard InChI is InChI=1S/C22H31NO5S/c1-4-6-10-19(24)20-17-8-7-9-18(17)23(21(20)22(25)28-5-2)29(26,27)16-13-11-15(3)12-14-16/h11-14,17-18,20-21H,4-10H2,1-3H3/t17-,18+,20-,21+/m0/s1. The smallest absolute Gasteiger partial charge is 0.325 e. The van der Waals surface area contributed by atoms with Crippen molar-refractivity contribution in [2.24, 2.45) is 11.8 Å². The van der Waals surface area contributed by atoms with Gasteiger partial charge in [0.1, 0.15) is 11.8 Å². The molecule has 1 aliphatic carbocycles. The first kappa shape index (κ1) is 22.0. The van der Waals surface area contributed by atoms with E-state index in [1.54, 1.807) is 31.2 Å². The number of carbonyl (C=O) groups excluding carboxylic acids is 2. The molecule has 29 heavy (non-hydrogen) atoms. The molecule has 2 fully saturated rings. The molecule has 0 amide bonds. The Balaban J connectivity index is 2.06. The van der Waals surface area contributed by atoms with Gasteiger partial charge < -0.3 is 4.74 Å². The van der Waals surface area contributed by atoms with Gasteiger partial charge in [0.2, 0.25) is 10.0 Å². The number of hydrogen-bond donors (Lipinski definition) is 0. The summed E-state index contributed by atoms with van der Waals surface area (Å²) in [5.41, 5.74) is 0.957. The number of hydrogen-bond acceptors (Lipinski definition) is 5. The second kappa shape index (κ2) is 8.96. The number of unbranched alkanes of at least 4 members (excludes halogenated alkanes) is 1. The zero-order valence-electron chi connectivity index (χ0n) is 17.5. The number of benzene rings is 1. The normalized spacial score (nSPS) is 27.0. The molecule has 1 aromatic rings. The van der Waals surface area contributed by atoms with E-state index in [0.29, 0.717) is 12.8 Å². The van der Waals surface area contributed by atoms with Crippen LogP contribution >= 0.6 is 0 Å². The van der Waals surface area contributed by atoms with Gasteiger partial charge in [0.05, 0.1) is 11.5 Å². The second-order valence-electron chi connectivity index (χ2n) is 8.10. The predicted octanol–water partition coefficient (Wildman–Crippen LogP) is 3.48. The zero-order valence-corrected chi connectivity index (χ0v) is 18.3. The minimum absolute atomic E-state index is 0.0107. The van der Waals surface area contributed by atoms with Gasteiger partial charge in [-0.2, -0.15) is 4.31 Å². The average molecular weight is 422 g/mol. The van der Waals surface area contributed by atoms with E-state index in [1.807, 2.05) is 13.8 Å². The van der Waals surface area contributed by atoms with Crippen molar-refractivity contribution in [3.05, 3.63) is 29.8 Å². The molecule has 2 aliphatic rings. The molecule has 7 heteroatoms. The maximum Gasteiger partial charge on any atom is 0.325 e. The van der Waals surface area contributed by atoms with Crippen LogP contribution in [0.2, 0.25) is 0 Å². The Hall–Kier alpha value is -1.73. The van der Waals surface area contributed by atoms with Crippen LogP contribution in [0.3, 0.4) is 0 Å². The first-order valence-electron chi connectivity index (χ1n) is 10.6. The van der Waals surface area contributed by atoms with Crippen LogP contribution in [-0.4, -0.2) is 43.2 Å². The van der Waals surface area contributed by atoms with Crippen LogP contribution in [0.25, 0.3) is 0 Å². The maximum atomic E-state index is 13.6. The largest absolute Gasteiger partial charge is 0.465 e. The highest BCUT2D eigenvalue weighted by Gasteiger charge is 2.60. The summed E-state index contributed by atoms with van der Waals surface area (Å²) in [4.78, 5) is 26.2. The molecule has 0 radical (unpaired) electrons. The van der Waals surface area contributed by atoms with E-state index in [9.17, 15) is 18.0 Å². The quantitative estimate of drug-likeness (QED) is 0.601. The number of aryl methyl sites for hydroxylation is 1. The van der Waals surface area contributed by atoms with Gasteiger partial charge in [-0.15, -0.1) is 0 Å². The molecule has 1 aromatic carbocycles. The number of ketones is 1. The van der Waals surface area contributed by atoms with Gasteiger partial charge in [-0.3, -0.25) is 9.59 Å². The lowest BCUT2D eigenvalue weighted by Gasteiger charge is -2.28. The van der Waals surface area contributed by atoms with Crippen LogP contribution in [0.5, 0.6) is 0 Å². The minimum atomic E-state index is -3.93. The van der Waals surface area contributed by atoms with E-state index >= 15 is 0 Å². The van der Waals surface area contributed by atoms with Gasteiger partial charge in [-0.1, -0.05) is 37.5 Å². The van der Waals surface area contributed by atoms with E-state index in [0.717, 1.165) is 31.2 Å². The number of esters is 1. The highest BCUT2D eigenvalue weighted by Crippen LogP contribution is 2.48. The Morgan fingerprint density at radius 3 is 2.45 bits per heavy atom. The Labute approximate surface area is 173 Å². The van der Waals surface area contributed by atoms with Gasteiger partial charge in [0.15, 0.2) is 0 Å². The molecule has 6 nitrogen and oxygen atoms in total. The fourth-order valence-electron chi connectivity index (χ4n) is 4.87. The van der Waals surface area contributed by atoms with Crippen molar-refractivity contribution in [3.8, 4) is 0 Å². The number of fused-ring (bicyclic) bond motifs is 1. The monoisotopic (exact) mass is 421 g/mol. The molecule has 0 N–H and O–H groups in total. The molecule has 3 rings (SSSR count). The van der Waals surface area contributed by atoms with Crippen molar-refractivity contribution >= 4 is 21.8 Å². The number of ether oxygens (including phenoxy) is 1. The molecule has 0 bridgehead atoms. The molecule has 1 heterocycles. The Morgan fingerprint density at radius 1 is 1.14 bits per heavy atom. The molecule has 1 saturated heterocycles. The van der Waals surface area contributed by atoms with E-state index in [-0.39, 0.29) is 29.2 Å². The van der Waals surface area contributed by atoms with Crippen LogP contribution in [-0.2, 0) is 24.3 Å². The molecular weight excluding hydrogens is 390 g/mol. The van der Waals surface area contributed by atoms with Gasteiger partial charge in [0.25, 0.3) is 0 Å². The van der Waals surface area contributed by atoms with Crippen molar-refractivity contribution < 1.29 is 22.7 Å². The number of Topliss-reactive ketones (excluding diaryl/α,β-unsaturated/α-hetero) is 1. The van der Waals surface area contributed by atoms with Gasteiger partial charge in [0, 0.05) is 18.4 Å². The van der Waals surface area contributed by atoms with Gasteiger partial charge in [-0.25, -0.2) is 8.42 Å². The Kier molecular flexibility index (Phi) is 6.79. The summed E-state index contributed by atoms with van der Waals surface area (Å²) >= 11 is 0. The van der Waals surface area contributed by atoms with E-state index in [1.165, 1.54) is 4.31 Å². The highest BCUT2D eigenvalue weighted by molar-refractivity contribution is 7.89. The summed E-state index contributed by atoms with van der Waals surface area (Å²) in [6.45, 7) is 5.75. The van der Waals surface area contributed by atoms with Gasteiger partial charge in [-0.05, 0) is 51.2 Å². The maximum absolute atomic E-state index is 13.6. The van der Waals surface area contributed by atoms with E-state index in [4.69, 9.17) is 4.74 Å². The van der Waals surface area contributed by atoms with Crippen molar-refractivity contribution in [2.45, 2.75) is 76.3 Å². The SMILES string of the molecule is CCCCC(=O)[C@@H]1[C@H]2CCC[C@H]2N(S(=O)(=O)c2ccc(C)cc2)[C@H]1C(=O)OCC. The van der Waals surface area contributed by atoms with Crippen LogP contribution in [0, 0.1) is 18.8 Å². The summed E-state index contributed by atoms with van der Waals surface area (Å²) in [7, 11) is -3.93. The first-order valence-corrected chi connectivity index (χ1v) is 12.1. The van der Waals surface area contributed by atoms with E-state index < -0.39 is 28.0 Å². The van der Waals surface area contributed by atoms with Crippen LogP contribution < -0.4 is 0 Å². The summed E-state index contributed by atoms with van der Waals surface area (Å²) in [5, 5.41) is 0. The fourth-order valence-corrected chi connectivity index (χ4v) is 6.73. The molecule has 0 aromatic heterocycles. The van der Waals surface area contributed by atoms with Crippen molar-refractivity contribution in [3.63, 3.8) is 0 Å². The highest BCUT2D eigenvalue weighted by atomic mass is 32.2. The second-order valence-corrected chi connectivity index (χ2v) is 9.95. The van der Waals surface area contributed by atoms with Crippen LogP contribution in [0.1, 0.15) is 57.9 Å². The molecule has 1 aliphatic heterocycles. The summed E-state index contributed by atoms with van der Waals surface area (Å²) < 4.78 is 33.8. The number of carbonyl (C=O) groups is 2. The molecule has 0 unspecified atom stereocenters. The van der Waals surface area contributed by atoms with Crippen LogP contribution in [0.4, 0.5) is 0 Å². The Bertz CT molecular complexity index is 848. The van der Waals surface area contributed by atoms with Crippen molar-refractivity contribution in [2.75, 3.05) is 6.61 Å². The fraction of sp³-hybridized carbons (Fsp3) is 0.636. The zero-order chi connectivity index (χ0) is 21.2. The van der Waals surface area contributed by atoms with Gasteiger partial charge >= 0.3 is 5.97 Å². The molecule has 1 saturated carbocycles. The summed E-state index contributed by atoms with van der Waals surface area (Å²) in [6, 6.07) is 5.25. The lowest BCUT2D eigenvalue weighted by atomic mass is 9.83. The first-order chi connectivity index (χ1) is 13.8. The third kappa shape index (κ3) is 4.12. The molecule has 0 spiro atoms. The average Bonchev–Trinajstić information content (AvgIpc) is 3.26. The number of nitrogens with zero attached hydrogens (tertiary/aromatic N) is 1. The molecular formula is C22H31NO5S. The minimum Gasteiger partial charge on any atom is -0.465 e.